The van der Waals surface area contributed by atoms with E-state index in [-0.39, 0.29) is 4.90 Å². The normalized spacial score (nSPS) is 15.2. The Morgan fingerprint density at radius 1 is 1.43 bits per heavy atom. The van der Waals surface area contributed by atoms with E-state index in [1.54, 1.807) is 24.0 Å². The Morgan fingerprint density at radius 3 is 2.93 bits per heavy atom. The van der Waals surface area contributed by atoms with Crippen LogP contribution >= 0.6 is 11.8 Å². The molecule has 0 radical (unpaired) electrons. The van der Waals surface area contributed by atoms with Gasteiger partial charge in [0.2, 0.25) is 10.0 Å². The van der Waals surface area contributed by atoms with E-state index in [1.165, 1.54) is 12.1 Å². The first-order valence-corrected chi connectivity index (χ1v) is 6.43. The summed E-state index contributed by atoms with van der Waals surface area (Å²) < 4.78 is 22.1. The molecule has 1 aromatic rings. The second kappa shape index (κ2) is 3.38. The minimum absolute atomic E-state index is 0.107. The van der Waals surface area contributed by atoms with Gasteiger partial charge in [0.25, 0.3) is 0 Å². The average molecular weight is 228 g/mol. The lowest BCUT2D eigenvalue weighted by Crippen LogP contribution is -2.12. The summed E-state index contributed by atoms with van der Waals surface area (Å²) in [7, 11) is -3.62. The zero-order valence-corrected chi connectivity index (χ0v) is 8.81. The van der Waals surface area contributed by atoms with Crippen LogP contribution in [0.3, 0.4) is 0 Å². The highest BCUT2D eigenvalue weighted by atomic mass is 32.2. The largest absolute Gasteiger partial charge is 0.259 e. The fourth-order valence-electron chi connectivity index (χ4n) is 1.16. The van der Waals surface area contributed by atoms with E-state index in [0.29, 0.717) is 5.69 Å². The Balaban J connectivity index is 2.56. The first-order valence-electron chi connectivity index (χ1n) is 3.89. The maximum absolute atomic E-state index is 11.0. The Bertz CT molecular complexity index is 494. The molecule has 74 valence electrons. The van der Waals surface area contributed by atoms with Gasteiger partial charge >= 0.3 is 0 Å². The molecular weight excluding hydrogens is 220 g/mol. The monoisotopic (exact) mass is 228 g/mol. The van der Waals surface area contributed by atoms with Crippen molar-refractivity contribution in [3.05, 3.63) is 18.2 Å². The number of nitrogens with zero attached hydrogens (tertiary/aromatic N) is 1. The van der Waals surface area contributed by atoms with Crippen LogP contribution in [0, 0.1) is 0 Å². The van der Waals surface area contributed by atoms with Crippen LogP contribution in [0.4, 0.5) is 5.69 Å². The quantitative estimate of drug-likeness (QED) is 0.783. The summed E-state index contributed by atoms with van der Waals surface area (Å²) in [5.41, 5.74) is 0.674. The van der Waals surface area contributed by atoms with Crippen molar-refractivity contribution in [2.75, 3.05) is 5.75 Å². The summed E-state index contributed by atoms with van der Waals surface area (Å²) in [4.78, 5) is 5.19. The zero-order valence-electron chi connectivity index (χ0n) is 7.17. The Morgan fingerprint density at radius 2 is 2.21 bits per heavy atom. The highest BCUT2D eigenvalue weighted by Gasteiger charge is 2.12. The van der Waals surface area contributed by atoms with E-state index in [1.807, 2.05) is 0 Å². The summed E-state index contributed by atoms with van der Waals surface area (Å²) in [6.07, 6.45) is 1.75. The lowest BCUT2D eigenvalue weighted by molar-refractivity contribution is 0.597. The molecule has 0 saturated carbocycles. The van der Waals surface area contributed by atoms with Gasteiger partial charge in [-0.2, -0.15) is 0 Å². The van der Waals surface area contributed by atoms with Gasteiger partial charge in [-0.3, -0.25) is 4.99 Å². The summed E-state index contributed by atoms with van der Waals surface area (Å²) >= 11 is 1.62. The minimum Gasteiger partial charge on any atom is -0.259 e. The number of hydrogen-bond acceptors (Lipinski definition) is 4. The molecule has 1 aromatic carbocycles. The van der Waals surface area contributed by atoms with Gasteiger partial charge in [0, 0.05) is 16.9 Å². The summed E-state index contributed by atoms with van der Waals surface area (Å²) in [5, 5.41) is 5.00. The van der Waals surface area contributed by atoms with Gasteiger partial charge in [-0.15, -0.1) is 11.8 Å². The average Bonchev–Trinajstić information content (AvgIpc) is 2.16. The molecule has 0 amide bonds. The van der Waals surface area contributed by atoms with Crippen molar-refractivity contribution < 1.29 is 8.42 Å². The van der Waals surface area contributed by atoms with Crippen molar-refractivity contribution in [3.8, 4) is 0 Å². The van der Waals surface area contributed by atoms with Gasteiger partial charge in [0.1, 0.15) is 0 Å². The van der Waals surface area contributed by atoms with Crippen LogP contribution < -0.4 is 5.14 Å². The summed E-state index contributed by atoms with van der Waals surface area (Å²) in [5.74, 6) is 0.821. The molecule has 0 atom stereocenters. The van der Waals surface area contributed by atoms with Gasteiger partial charge in [-0.05, 0) is 18.2 Å². The SMILES string of the molecule is NS(=O)(=O)c1ccc2c(c1)N=CCS2. The zero-order chi connectivity index (χ0) is 10.2. The third-order valence-electron chi connectivity index (χ3n) is 1.80. The molecule has 0 aliphatic carbocycles. The van der Waals surface area contributed by atoms with Crippen LogP contribution in [0.5, 0.6) is 0 Å². The summed E-state index contributed by atoms with van der Waals surface area (Å²) in [6, 6.07) is 4.73. The van der Waals surface area contributed by atoms with Crippen LogP contribution in [0.2, 0.25) is 0 Å². The lowest BCUT2D eigenvalue weighted by Gasteiger charge is -2.09. The second-order valence-corrected chi connectivity index (χ2v) is 5.42. The number of hydrogen-bond donors (Lipinski definition) is 1. The molecule has 6 heteroatoms. The molecule has 0 saturated heterocycles. The van der Waals surface area contributed by atoms with Crippen LogP contribution in [0.1, 0.15) is 0 Å². The van der Waals surface area contributed by atoms with Crippen molar-refractivity contribution in [1.82, 2.24) is 0 Å². The number of rotatable bonds is 1. The number of benzene rings is 1. The molecule has 0 spiro atoms. The molecule has 0 fully saturated rings. The molecular formula is C8H8N2O2S2. The smallest absolute Gasteiger partial charge is 0.238 e. The van der Waals surface area contributed by atoms with Crippen molar-refractivity contribution in [3.63, 3.8) is 0 Å². The van der Waals surface area contributed by atoms with E-state index < -0.39 is 10.0 Å². The fourth-order valence-corrected chi connectivity index (χ4v) is 2.45. The molecule has 4 nitrogen and oxygen atoms in total. The van der Waals surface area contributed by atoms with Gasteiger partial charge in [0.15, 0.2) is 0 Å². The standard InChI is InChI=1S/C8H8N2O2S2/c9-14(11,12)6-1-2-8-7(5-6)10-3-4-13-8/h1-3,5H,4H2,(H2,9,11,12). The van der Waals surface area contributed by atoms with E-state index >= 15 is 0 Å². The minimum atomic E-state index is -3.62. The third-order valence-corrected chi connectivity index (χ3v) is 3.69. The molecule has 0 unspecified atom stereocenters. The second-order valence-electron chi connectivity index (χ2n) is 2.80. The van der Waals surface area contributed by atoms with E-state index in [0.717, 1.165) is 10.6 Å². The predicted octanol–water partition coefficient (Wildman–Crippen LogP) is 1.14. The van der Waals surface area contributed by atoms with Crippen molar-refractivity contribution in [1.29, 1.82) is 0 Å². The molecule has 0 bridgehead atoms. The van der Waals surface area contributed by atoms with Crippen molar-refractivity contribution >= 4 is 33.7 Å². The molecule has 1 heterocycles. The maximum atomic E-state index is 11.0. The van der Waals surface area contributed by atoms with E-state index in [2.05, 4.69) is 4.99 Å². The number of primary sulfonamides is 1. The third kappa shape index (κ3) is 1.82. The molecule has 2 N–H and O–H groups in total. The van der Waals surface area contributed by atoms with Gasteiger partial charge < -0.3 is 0 Å². The number of aliphatic imine (C=N–C) groups is 1. The highest BCUT2D eigenvalue weighted by molar-refractivity contribution is 8.00. The highest BCUT2D eigenvalue weighted by Crippen LogP contribution is 2.33. The van der Waals surface area contributed by atoms with Gasteiger partial charge in [-0.1, -0.05) is 0 Å². The first-order chi connectivity index (χ1) is 6.57. The Labute approximate surface area is 86.3 Å². The van der Waals surface area contributed by atoms with Crippen molar-refractivity contribution in [2.45, 2.75) is 9.79 Å². The van der Waals surface area contributed by atoms with E-state index in [9.17, 15) is 8.42 Å². The first kappa shape index (κ1) is 9.70. The topological polar surface area (TPSA) is 72.5 Å². The molecule has 2 rings (SSSR count). The maximum Gasteiger partial charge on any atom is 0.238 e. The predicted molar refractivity (Wildman–Crippen MR) is 56.7 cm³/mol. The summed E-state index contributed by atoms with van der Waals surface area (Å²) in [6.45, 7) is 0. The lowest BCUT2D eigenvalue weighted by atomic mass is 10.3. The van der Waals surface area contributed by atoms with E-state index in [4.69, 9.17) is 5.14 Å². The Kier molecular flexibility index (Phi) is 2.34. The Hall–Kier alpha value is -0.850. The van der Waals surface area contributed by atoms with Crippen molar-refractivity contribution in [2.24, 2.45) is 10.1 Å². The van der Waals surface area contributed by atoms with Crippen LogP contribution in [0.15, 0.2) is 33.0 Å². The van der Waals surface area contributed by atoms with Gasteiger partial charge in [-0.25, -0.2) is 13.6 Å². The number of fused-ring (bicyclic) bond motifs is 1. The van der Waals surface area contributed by atoms with Crippen LogP contribution in [-0.4, -0.2) is 20.4 Å². The fraction of sp³-hybridized carbons (Fsp3) is 0.125. The number of thioether (sulfide) groups is 1. The van der Waals surface area contributed by atoms with Gasteiger partial charge in [0.05, 0.1) is 10.6 Å². The van der Waals surface area contributed by atoms with Crippen LogP contribution in [-0.2, 0) is 10.0 Å². The number of nitrogens with two attached hydrogens (primary N) is 1. The van der Waals surface area contributed by atoms with Crippen LogP contribution in [0.25, 0.3) is 0 Å². The molecule has 1 aliphatic rings. The molecule has 0 aromatic heterocycles. The number of sulfonamides is 1. The molecule has 1 aliphatic heterocycles. The molecule has 14 heavy (non-hydrogen) atoms.